The number of rotatable bonds is 6. The van der Waals surface area contributed by atoms with Crippen molar-refractivity contribution in [1.82, 2.24) is 25.1 Å². The molecule has 0 aliphatic heterocycles. The van der Waals surface area contributed by atoms with Gasteiger partial charge >= 0.3 is 0 Å². The van der Waals surface area contributed by atoms with Gasteiger partial charge in [0, 0.05) is 36.7 Å². The van der Waals surface area contributed by atoms with Crippen molar-refractivity contribution >= 4 is 11.7 Å². The predicted molar refractivity (Wildman–Crippen MR) is 92.3 cm³/mol. The number of nitrogens with zero attached hydrogens (tertiary/aromatic N) is 4. The fraction of sp³-hybridized carbons (Fsp3) is 0.278. The third-order valence-electron chi connectivity index (χ3n) is 4.80. The van der Waals surface area contributed by atoms with E-state index in [4.69, 9.17) is 0 Å². The maximum atomic E-state index is 14.1. The minimum absolute atomic E-state index is 0.246. The number of aromatic amines is 1. The lowest BCUT2D eigenvalue weighted by molar-refractivity contribution is 0.103. The molecule has 1 aliphatic carbocycles. The van der Waals surface area contributed by atoms with Gasteiger partial charge in [0.15, 0.2) is 0 Å². The van der Waals surface area contributed by atoms with Crippen LogP contribution in [0, 0.1) is 5.82 Å². The summed E-state index contributed by atoms with van der Waals surface area (Å²) in [5.74, 6) is -0.134. The summed E-state index contributed by atoms with van der Waals surface area (Å²) in [5, 5.41) is 9.61. The van der Waals surface area contributed by atoms with E-state index < -0.39 is 0 Å². The molecule has 0 bridgehead atoms. The van der Waals surface area contributed by atoms with Crippen molar-refractivity contribution in [2.24, 2.45) is 0 Å². The van der Waals surface area contributed by atoms with E-state index in [9.17, 15) is 9.18 Å². The van der Waals surface area contributed by atoms with Gasteiger partial charge in [0.25, 0.3) is 0 Å². The van der Waals surface area contributed by atoms with E-state index in [1.54, 1.807) is 24.5 Å². The van der Waals surface area contributed by atoms with Crippen molar-refractivity contribution in [3.05, 3.63) is 65.8 Å². The van der Waals surface area contributed by atoms with Gasteiger partial charge in [0.2, 0.25) is 11.7 Å². The van der Waals surface area contributed by atoms with Crippen LogP contribution in [-0.4, -0.2) is 37.5 Å². The number of ketones is 1. The molecule has 0 saturated heterocycles. The smallest absolute Gasteiger partial charge is 0.222 e. The van der Waals surface area contributed by atoms with E-state index in [-0.39, 0.29) is 17.0 Å². The number of H-pyrrole nitrogens is 1. The Morgan fingerprint density at radius 1 is 1.23 bits per heavy atom. The monoisotopic (exact) mass is 352 g/mol. The van der Waals surface area contributed by atoms with E-state index in [1.165, 1.54) is 18.5 Å². The van der Waals surface area contributed by atoms with Gasteiger partial charge in [-0.25, -0.2) is 14.4 Å². The SMILES string of the molecule is O=C(c1cnc(NCC2(c3ncccc3F)CCC2)nc1)c1cc[nH]n1. The highest BCUT2D eigenvalue weighted by Crippen LogP contribution is 2.43. The van der Waals surface area contributed by atoms with E-state index in [0.29, 0.717) is 29.4 Å². The number of carbonyl (C=O) groups excluding carboxylic acids is 1. The molecular weight excluding hydrogens is 335 g/mol. The number of halogens is 1. The number of pyridine rings is 1. The topological polar surface area (TPSA) is 96.5 Å². The molecule has 0 aromatic carbocycles. The molecule has 132 valence electrons. The Bertz CT molecular complexity index is 906. The molecule has 0 amide bonds. The molecule has 0 spiro atoms. The quantitative estimate of drug-likeness (QED) is 0.662. The molecule has 0 unspecified atom stereocenters. The zero-order valence-corrected chi connectivity index (χ0v) is 13.9. The fourth-order valence-corrected chi connectivity index (χ4v) is 3.20. The maximum absolute atomic E-state index is 14.1. The van der Waals surface area contributed by atoms with Crippen LogP contribution in [0.5, 0.6) is 0 Å². The van der Waals surface area contributed by atoms with Crippen LogP contribution in [0.3, 0.4) is 0 Å². The highest BCUT2D eigenvalue weighted by atomic mass is 19.1. The second-order valence-electron chi connectivity index (χ2n) is 6.41. The first-order chi connectivity index (χ1) is 12.7. The van der Waals surface area contributed by atoms with Crippen molar-refractivity contribution in [3.63, 3.8) is 0 Å². The molecule has 26 heavy (non-hydrogen) atoms. The summed E-state index contributed by atoms with van der Waals surface area (Å²) >= 11 is 0. The average Bonchev–Trinajstić information content (AvgIpc) is 3.17. The highest BCUT2D eigenvalue weighted by molar-refractivity contribution is 6.07. The second-order valence-corrected chi connectivity index (χ2v) is 6.41. The molecule has 3 heterocycles. The molecule has 3 aromatic heterocycles. The lowest BCUT2D eigenvalue weighted by Gasteiger charge is -2.41. The predicted octanol–water partition coefficient (Wildman–Crippen LogP) is 2.50. The zero-order valence-electron chi connectivity index (χ0n) is 13.9. The van der Waals surface area contributed by atoms with Gasteiger partial charge in [-0.15, -0.1) is 0 Å². The standard InChI is InChI=1S/C18H17FN6O/c19-13-3-1-7-20-16(13)18(5-2-6-18)11-23-17-21-9-12(10-22-17)15(26)14-4-8-24-25-14/h1,3-4,7-10H,2,5-6,11H2,(H,24,25)(H,21,22,23). The summed E-state index contributed by atoms with van der Waals surface area (Å²) in [4.78, 5) is 24.8. The second kappa shape index (κ2) is 6.62. The molecule has 2 N–H and O–H groups in total. The number of anilines is 1. The number of aromatic nitrogens is 5. The normalized spacial score (nSPS) is 15.3. The molecule has 0 radical (unpaired) electrons. The average molecular weight is 352 g/mol. The molecule has 1 fully saturated rings. The molecule has 3 aromatic rings. The van der Waals surface area contributed by atoms with Crippen molar-refractivity contribution < 1.29 is 9.18 Å². The fourth-order valence-electron chi connectivity index (χ4n) is 3.20. The zero-order chi connectivity index (χ0) is 18.0. The molecule has 7 nitrogen and oxygen atoms in total. The van der Waals surface area contributed by atoms with Crippen LogP contribution in [0.4, 0.5) is 10.3 Å². The number of hydrogen-bond acceptors (Lipinski definition) is 6. The third-order valence-corrected chi connectivity index (χ3v) is 4.80. The molecule has 1 saturated carbocycles. The Kier molecular flexibility index (Phi) is 4.16. The van der Waals surface area contributed by atoms with Crippen LogP contribution in [0.15, 0.2) is 43.0 Å². The summed E-state index contributed by atoms with van der Waals surface area (Å²) < 4.78 is 14.1. The Labute approximate surface area is 149 Å². The number of carbonyl (C=O) groups is 1. The summed E-state index contributed by atoms with van der Waals surface area (Å²) in [7, 11) is 0. The van der Waals surface area contributed by atoms with Gasteiger partial charge in [0.05, 0.1) is 11.3 Å². The van der Waals surface area contributed by atoms with Crippen LogP contribution in [0.2, 0.25) is 0 Å². The lowest BCUT2D eigenvalue weighted by atomic mass is 9.66. The van der Waals surface area contributed by atoms with Gasteiger partial charge in [-0.1, -0.05) is 6.42 Å². The Morgan fingerprint density at radius 2 is 2.04 bits per heavy atom. The number of nitrogens with one attached hydrogen (secondary N) is 2. The van der Waals surface area contributed by atoms with Gasteiger partial charge in [-0.3, -0.25) is 14.9 Å². The van der Waals surface area contributed by atoms with Crippen LogP contribution < -0.4 is 5.32 Å². The molecule has 8 heteroatoms. The Balaban J connectivity index is 1.46. The van der Waals surface area contributed by atoms with E-state index >= 15 is 0 Å². The number of hydrogen-bond donors (Lipinski definition) is 2. The minimum Gasteiger partial charge on any atom is -0.353 e. The van der Waals surface area contributed by atoms with Gasteiger partial charge in [0.1, 0.15) is 11.5 Å². The van der Waals surface area contributed by atoms with Gasteiger partial charge < -0.3 is 5.32 Å². The summed E-state index contributed by atoms with van der Waals surface area (Å²) in [6, 6.07) is 4.63. The highest BCUT2D eigenvalue weighted by Gasteiger charge is 2.41. The largest absolute Gasteiger partial charge is 0.353 e. The van der Waals surface area contributed by atoms with E-state index in [2.05, 4.69) is 30.5 Å². The van der Waals surface area contributed by atoms with E-state index in [0.717, 1.165) is 19.3 Å². The minimum atomic E-state index is -0.335. The molecular formula is C18H17FN6O. The third kappa shape index (κ3) is 2.94. The van der Waals surface area contributed by atoms with E-state index in [1.807, 2.05) is 0 Å². The van der Waals surface area contributed by atoms with Crippen molar-refractivity contribution in [2.75, 3.05) is 11.9 Å². The van der Waals surface area contributed by atoms with Crippen molar-refractivity contribution in [2.45, 2.75) is 24.7 Å². The summed E-state index contributed by atoms with van der Waals surface area (Å²) in [6.07, 6.45) is 8.88. The molecule has 4 rings (SSSR count). The van der Waals surface area contributed by atoms with Crippen LogP contribution in [-0.2, 0) is 5.41 Å². The molecule has 0 atom stereocenters. The van der Waals surface area contributed by atoms with Crippen molar-refractivity contribution in [1.29, 1.82) is 0 Å². The molecule has 1 aliphatic rings. The van der Waals surface area contributed by atoms with Gasteiger partial charge in [-0.05, 0) is 31.0 Å². The lowest BCUT2D eigenvalue weighted by Crippen LogP contribution is -2.42. The van der Waals surface area contributed by atoms with Gasteiger partial charge in [-0.2, -0.15) is 5.10 Å². The maximum Gasteiger partial charge on any atom is 0.222 e. The Morgan fingerprint density at radius 3 is 2.65 bits per heavy atom. The van der Waals surface area contributed by atoms with Crippen LogP contribution >= 0.6 is 0 Å². The first-order valence-electron chi connectivity index (χ1n) is 8.39. The first-order valence-corrected chi connectivity index (χ1v) is 8.39. The first kappa shape index (κ1) is 16.3. The summed E-state index contributed by atoms with van der Waals surface area (Å²) in [6.45, 7) is 0.494. The van der Waals surface area contributed by atoms with Crippen LogP contribution in [0.25, 0.3) is 0 Å². The van der Waals surface area contributed by atoms with Crippen LogP contribution in [0.1, 0.15) is 41.0 Å². The summed E-state index contributed by atoms with van der Waals surface area (Å²) in [5.41, 5.74) is 0.826. The Hall–Kier alpha value is -3.16. The van der Waals surface area contributed by atoms with Crippen molar-refractivity contribution in [3.8, 4) is 0 Å².